The first-order valence-corrected chi connectivity index (χ1v) is 33.1. The first kappa shape index (κ1) is 57.1. The Kier molecular flexibility index (Phi) is 14.0. The molecule has 0 saturated heterocycles. The van der Waals surface area contributed by atoms with Crippen molar-refractivity contribution >= 4 is 86.7 Å². The number of hydrogen-bond acceptors (Lipinski definition) is 0. The molecule has 0 aliphatic carbocycles. The van der Waals surface area contributed by atoms with Crippen molar-refractivity contribution in [3.8, 4) is 78.1 Å². The lowest BCUT2D eigenvalue weighted by Gasteiger charge is -2.19. The molecule has 0 atom stereocenters. The van der Waals surface area contributed by atoms with E-state index in [9.17, 15) is 0 Å². The van der Waals surface area contributed by atoms with Crippen LogP contribution in [0.4, 0.5) is 0 Å². The van der Waals surface area contributed by atoms with Crippen molar-refractivity contribution in [3.05, 3.63) is 351 Å². The number of aryl methyl sites for hydroxylation is 1. The second kappa shape index (κ2) is 23.4. The van der Waals surface area contributed by atoms with Crippen LogP contribution in [0.15, 0.2) is 340 Å². The third kappa shape index (κ3) is 9.88. The van der Waals surface area contributed by atoms with Crippen LogP contribution in [0.5, 0.6) is 0 Å². The van der Waals surface area contributed by atoms with E-state index in [1.165, 1.54) is 176 Å². The zero-order chi connectivity index (χ0) is 63.7. The van der Waals surface area contributed by atoms with Gasteiger partial charge >= 0.3 is 0 Å². The minimum Gasteiger partial charge on any atom is -0.309 e. The van der Waals surface area contributed by atoms with Crippen LogP contribution in [0.3, 0.4) is 0 Å². The smallest absolute Gasteiger partial charge is 0.0541 e. The lowest BCUT2D eigenvalue weighted by molar-refractivity contribution is 0.590. The van der Waals surface area contributed by atoms with E-state index < -0.39 is 0 Å². The fraction of sp³-hybridized carbons (Fsp3) is 0.0538. The molecule has 18 aromatic rings. The largest absolute Gasteiger partial charge is 0.309 e. The maximum atomic E-state index is 2.41. The van der Waals surface area contributed by atoms with E-state index in [4.69, 9.17) is 0 Å². The van der Waals surface area contributed by atoms with Crippen LogP contribution in [0.1, 0.15) is 31.9 Å². The predicted octanol–water partition coefficient (Wildman–Crippen LogP) is 25.8. The molecule has 0 spiro atoms. The Bertz CT molecular complexity index is 5770. The van der Waals surface area contributed by atoms with Gasteiger partial charge < -0.3 is 9.13 Å². The van der Waals surface area contributed by atoms with Crippen molar-refractivity contribution < 1.29 is 0 Å². The summed E-state index contributed by atoms with van der Waals surface area (Å²) in [5.74, 6) is 0. The SMILES string of the molecule is CC(C)(C)c1ccc(-c2ccc(-c3c4ccccc4c(-c4cccc(-n5c6ccccc6c6ccccc65)c4)c4ccccc34)cc2)cc1.Cc1ccccc1-c1ccc(-c2c3ccccc3c(-c3cccc(-n4c5ccccc5c5ccccc54)c3)c3ccccc23)cc1. The van der Waals surface area contributed by atoms with Gasteiger partial charge in [0.25, 0.3) is 0 Å². The van der Waals surface area contributed by atoms with Crippen molar-refractivity contribution in [2.45, 2.75) is 33.1 Å². The highest BCUT2D eigenvalue weighted by atomic mass is 15.0. The molecule has 0 bridgehead atoms. The lowest BCUT2D eigenvalue weighted by atomic mass is 9.85. The third-order valence-electron chi connectivity index (χ3n) is 19.7. The summed E-state index contributed by atoms with van der Waals surface area (Å²) in [5.41, 5.74) is 25.0. The number of nitrogens with zero attached hydrogens (tertiary/aromatic N) is 2. The average Bonchev–Trinajstić information content (AvgIpc) is 1.49. The average molecular weight is 1210 g/mol. The Morgan fingerprint density at radius 1 is 0.211 bits per heavy atom. The van der Waals surface area contributed by atoms with E-state index in [0.29, 0.717) is 0 Å². The maximum absolute atomic E-state index is 2.41. The van der Waals surface area contributed by atoms with E-state index in [1.807, 2.05) is 0 Å². The molecule has 0 amide bonds. The molecule has 2 aromatic heterocycles. The normalized spacial score (nSPS) is 11.8. The first-order chi connectivity index (χ1) is 46.7. The van der Waals surface area contributed by atoms with Crippen molar-refractivity contribution in [2.75, 3.05) is 0 Å². The van der Waals surface area contributed by atoms with E-state index in [-0.39, 0.29) is 5.41 Å². The number of para-hydroxylation sites is 4. The quantitative estimate of drug-likeness (QED) is 0.134. The van der Waals surface area contributed by atoms with E-state index >= 15 is 0 Å². The summed E-state index contributed by atoms with van der Waals surface area (Å²) in [5, 5.41) is 15.2. The lowest BCUT2D eigenvalue weighted by Crippen LogP contribution is -2.10. The van der Waals surface area contributed by atoms with E-state index in [1.54, 1.807) is 0 Å². The number of fused-ring (bicyclic) bond motifs is 10. The first-order valence-electron chi connectivity index (χ1n) is 33.1. The molecular weight excluding hydrogens is 1150 g/mol. The Balaban J connectivity index is 0.000000144. The number of rotatable bonds is 8. The zero-order valence-corrected chi connectivity index (χ0v) is 53.7. The van der Waals surface area contributed by atoms with Gasteiger partial charge in [0.2, 0.25) is 0 Å². The molecule has 0 N–H and O–H groups in total. The molecule has 0 fully saturated rings. The molecule has 0 aliphatic rings. The van der Waals surface area contributed by atoms with Crippen LogP contribution in [-0.2, 0) is 5.41 Å². The molecule has 95 heavy (non-hydrogen) atoms. The van der Waals surface area contributed by atoms with Gasteiger partial charge in [0.05, 0.1) is 22.1 Å². The van der Waals surface area contributed by atoms with Gasteiger partial charge in [-0.25, -0.2) is 0 Å². The Morgan fingerprint density at radius 3 is 0.800 bits per heavy atom. The minimum absolute atomic E-state index is 0.142. The molecule has 0 radical (unpaired) electrons. The summed E-state index contributed by atoms with van der Waals surface area (Å²) in [4.78, 5) is 0. The van der Waals surface area contributed by atoms with Gasteiger partial charge in [-0.2, -0.15) is 0 Å². The van der Waals surface area contributed by atoms with Crippen LogP contribution < -0.4 is 0 Å². The summed E-state index contributed by atoms with van der Waals surface area (Å²) in [6.45, 7) is 8.97. The molecular formula is C93H68N2. The summed E-state index contributed by atoms with van der Waals surface area (Å²) < 4.78 is 4.81. The van der Waals surface area contributed by atoms with Gasteiger partial charge in [-0.1, -0.05) is 312 Å². The molecule has 0 aliphatic heterocycles. The summed E-state index contributed by atoms with van der Waals surface area (Å²) >= 11 is 0. The molecule has 18 rings (SSSR count). The van der Waals surface area contributed by atoms with Gasteiger partial charge in [0, 0.05) is 32.9 Å². The van der Waals surface area contributed by atoms with Crippen LogP contribution >= 0.6 is 0 Å². The topological polar surface area (TPSA) is 9.86 Å². The maximum Gasteiger partial charge on any atom is 0.0541 e. The summed E-state index contributed by atoms with van der Waals surface area (Å²) in [7, 11) is 0. The van der Waals surface area contributed by atoms with Crippen molar-refractivity contribution in [1.82, 2.24) is 9.13 Å². The number of aromatic nitrogens is 2. The van der Waals surface area contributed by atoms with Gasteiger partial charge in [-0.15, -0.1) is 0 Å². The zero-order valence-electron chi connectivity index (χ0n) is 53.7. The van der Waals surface area contributed by atoms with Crippen molar-refractivity contribution in [1.29, 1.82) is 0 Å². The highest BCUT2D eigenvalue weighted by Crippen LogP contribution is 2.47. The van der Waals surface area contributed by atoms with Crippen molar-refractivity contribution in [3.63, 3.8) is 0 Å². The predicted molar refractivity (Wildman–Crippen MR) is 408 cm³/mol. The minimum atomic E-state index is 0.142. The van der Waals surface area contributed by atoms with Crippen LogP contribution in [0.2, 0.25) is 0 Å². The standard InChI is InChI=1S/C48H37N.C45H31N/c1-48(2,3)36-29-27-33(28-30-36)32-23-25-34(26-24-32)46-40-17-4-6-19-42(40)47(43-20-7-5-18-41(43)46)35-13-12-14-37(31-35)49-44-21-10-8-15-38(44)39-16-9-11-22-45(39)49;1-30-13-2-3-16-35(30)31-25-27-32(28-26-31)44-38-19-4-6-21-40(38)45(41-22-7-5-20-39(41)44)33-14-12-15-34(29-33)46-42-23-10-8-17-36(42)37-18-9-11-24-43(37)46/h4-31H,1-3H3;2-29H,1H3. The van der Waals surface area contributed by atoms with E-state index in [0.717, 1.165) is 0 Å². The van der Waals surface area contributed by atoms with Crippen molar-refractivity contribution in [2.24, 2.45) is 0 Å². The van der Waals surface area contributed by atoms with E-state index in [2.05, 4.69) is 377 Å². The molecule has 2 nitrogen and oxygen atoms in total. The highest BCUT2D eigenvalue weighted by Gasteiger charge is 2.22. The molecule has 450 valence electrons. The monoisotopic (exact) mass is 1210 g/mol. The molecule has 16 aromatic carbocycles. The fourth-order valence-electron chi connectivity index (χ4n) is 15.2. The Morgan fingerprint density at radius 2 is 0.474 bits per heavy atom. The van der Waals surface area contributed by atoms with Crippen LogP contribution in [-0.4, -0.2) is 9.13 Å². The van der Waals surface area contributed by atoms with Gasteiger partial charge in [0.1, 0.15) is 0 Å². The second-order valence-corrected chi connectivity index (χ2v) is 26.3. The molecule has 0 saturated carbocycles. The summed E-state index contributed by atoms with van der Waals surface area (Å²) in [6.07, 6.45) is 0. The number of benzene rings is 16. The second-order valence-electron chi connectivity index (χ2n) is 26.3. The summed E-state index contributed by atoms with van der Waals surface area (Å²) in [6, 6.07) is 125. The third-order valence-corrected chi connectivity index (χ3v) is 19.7. The molecule has 2 heteroatoms. The fourth-order valence-corrected chi connectivity index (χ4v) is 15.2. The van der Waals surface area contributed by atoms with Crippen LogP contribution in [0.25, 0.3) is 165 Å². The molecule has 0 unspecified atom stereocenters. The van der Waals surface area contributed by atoms with Gasteiger partial charge in [0.15, 0.2) is 0 Å². The number of hydrogen-bond donors (Lipinski definition) is 0. The highest BCUT2D eigenvalue weighted by molar-refractivity contribution is 6.23. The van der Waals surface area contributed by atoms with Gasteiger partial charge in [-0.3, -0.25) is 0 Å². The molecule has 2 heterocycles. The van der Waals surface area contributed by atoms with Crippen LogP contribution in [0, 0.1) is 6.92 Å². The van der Waals surface area contributed by atoms with Gasteiger partial charge in [-0.05, 0) is 182 Å². The Hall–Kier alpha value is -11.8. The Labute approximate surface area is 554 Å².